The van der Waals surface area contributed by atoms with Crippen molar-refractivity contribution < 1.29 is 18.0 Å². The predicted molar refractivity (Wildman–Crippen MR) is 63.6 cm³/mol. The summed E-state index contributed by atoms with van der Waals surface area (Å²) < 4.78 is 32.8. The highest BCUT2D eigenvalue weighted by molar-refractivity contribution is 6.03. The Labute approximate surface area is 103 Å². The van der Waals surface area contributed by atoms with Crippen molar-refractivity contribution in [2.45, 2.75) is 13.0 Å². The maximum Gasteiger partial charge on any atom is 0.185 e. The zero-order valence-electron chi connectivity index (χ0n) is 10.3. The topological polar surface area (TPSA) is 33.5 Å². The van der Waals surface area contributed by atoms with Crippen LogP contribution in [-0.4, -0.2) is 30.8 Å². The van der Waals surface area contributed by atoms with E-state index in [4.69, 9.17) is 4.42 Å². The SMILES string of the molecule is CC(C(=O)c1c(F)cc2occc2c1F)N(C)C. The fourth-order valence-electron chi connectivity index (χ4n) is 1.71. The molecule has 1 aromatic carbocycles. The van der Waals surface area contributed by atoms with E-state index in [1.165, 1.54) is 12.3 Å². The van der Waals surface area contributed by atoms with Crippen molar-refractivity contribution in [3.8, 4) is 0 Å². The van der Waals surface area contributed by atoms with Gasteiger partial charge in [-0.25, -0.2) is 8.78 Å². The fraction of sp³-hybridized carbons (Fsp3) is 0.308. The number of Topliss-reactive ketones (excluding diaryl/α,β-unsaturated/α-hetero) is 1. The molecule has 0 aliphatic heterocycles. The Balaban J connectivity index is 2.60. The lowest BCUT2D eigenvalue weighted by Gasteiger charge is -2.18. The van der Waals surface area contributed by atoms with Crippen LogP contribution < -0.4 is 0 Å². The number of furan rings is 1. The van der Waals surface area contributed by atoms with Crippen molar-refractivity contribution in [1.29, 1.82) is 0 Å². The van der Waals surface area contributed by atoms with Gasteiger partial charge in [-0.05, 0) is 27.1 Å². The first-order chi connectivity index (χ1) is 8.43. The molecule has 0 N–H and O–H groups in total. The molecule has 0 saturated carbocycles. The van der Waals surface area contributed by atoms with Crippen LogP contribution in [0.25, 0.3) is 11.0 Å². The Bertz CT molecular complexity index is 604. The molecule has 3 nitrogen and oxygen atoms in total. The van der Waals surface area contributed by atoms with Crippen LogP contribution >= 0.6 is 0 Å². The van der Waals surface area contributed by atoms with Crippen molar-refractivity contribution in [2.24, 2.45) is 0 Å². The van der Waals surface area contributed by atoms with Gasteiger partial charge in [0.15, 0.2) is 5.78 Å². The average molecular weight is 253 g/mol. The summed E-state index contributed by atoms with van der Waals surface area (Å²) in [5, 5.41) is 0.116. The molecule has 2 aromatic rings. The normalized spacial score (nSPS) is 13.2. The molecular weight excluding hydrogens is 240 g/mol. The predicted octanol–water partition coefficient (Wildman–Crippen LogP) is 2.84. The average Bonchev–Trinajstić information content (AvgIpc) is 2.75. The largest absolute Gasteiger partial charge is 0.464 e. The first kappa shape index (κ1) is 12.7. The highest BCUT2D eigenvalue weighted by Gasteiger charge is 2.26. The van der Waals surface area contributed by atoms with Gasteiger partial charge in [0.05, 0.1) is 23.3 Å². The summed E-state index contributed by atoms with van der Waals surface area (Å²) in [4.78, 5) is 13.6. The van der Waals surface area contributed by atoms with Crippen LogP contribution in [-0.2, 0) is 0 Å². The number of rotatable bonds is 3. The molecule has 0 saturated heterocycles. The summed E-state index contributed by atoms with van der Waals surface area (Å²) in [6, 6.07) is 1.81. The highest BCUT2D eigenvalue weighted by Crippen LogP contribution is 2.26. The minimum Gasteiger partial charge on any atom is -0.464 e. The standard InChI is InChI=1S/C13H13F2NO2/c1-7(16(2)3)13(17)11-9(14)6-10-8(12(11)15)4-5-18-10/h4-7H,1-3H3. The zero-order chi connectivity index (χ0) is 13.4. The number of halogens is 2. The van der Waals surface area contributed by atoms with Gasteiger partial charge in [0.25, 0.3) is 0 Å². The molecule has 0 aliphatic carbocycles. The van der Waals surface area contributed by atoms with Gasteiger partial charge in [-0.3, -0.25) is 9.69 Å². The quantitative estimate of drug-likeness (QED) is 0.789. The smallest absolute Gasteiger partial charge is 0.185 e. The van der Waals surface area contributed by atoms with Gasteiger partial charge in [0.1, 0.15) is 17.2 Å². The second kappa shape index (κ2) is 4.49. The van der Waals surface area contributed by atoms with Crippen LogP contribution in [0.15, 0.2) is 22.8 Å². The van der Waals surface area contributed by atoms with Crippen LogP contribution in [0.1, 0.15) is 17.3 Å². The fourth-order valence-corrected chi connectivity index (χ4v) is 1.71. The van der Waals surface area contributed by atoms with E-state index < -0.39 is 29.0 Å². The van der Waals surface area contributed by atoms with Gasteiger partial charge >= 0.3 is 0 Å². The molecule has 0 radical (unpaired) electrons. The molecule has 2 rings (SSSR count). The van der Waals surface area contributed by atoms with E-state index in [-0.39, 0.29) is 11.0 Å². The summed E-state index contributed by atoms with van der Waals surface area (Å²) in [6.07, 6.45) is 1.26. The first-order valence-electron chi connectivity index (χ1n) is 5.49. The Morgan fingerprint density at radius 3 is 2.67 bits per heavy atom. The van der Waals surface area contributed by atoms with E-state index in [0.717, 1.165) is 6.07 Å². The molecule has 0 aliphatic rings. The number of carbonyl (C=O) groups excluding carboxylic acids is 1. The van der Waals surface area contributed by atoms with Crippen LogP contribution in [0.3, 0.4) is 0 Å². The van der Waals surface area contributed by atoms with Crippen molar-refractivity contribution in [3.05, 3.63) is 35.6 Å². The van der Waals surface area contributed by atoms with Gasteiger partial charge in [0, 0.05) is 6.07 Å². The molecule has 0 spiro atoms. The van der Waals surface area contributed by atoms with Gasteiger partial charge < -0.3 is 4.42 Å². The molecule has 1 atom stereocenters. The summed E-state index contributed by atoms with van der Waals surface area (Å²) in [5.74, 6) is -2.34. The Hall–Kier alpha value is -1.75. The van der Waals surface area contributed by atoms with Crippen LogP contribution in [0, 0.1) is 11.6 Å². The molecule has 1 unspecified atom stereocenters. The molecule has 18 heavy (non-hydrogen) atoms. The van der Waals surface area contributed by atoms with Crippen molar-refractivity contribution >= 4 is 16.8 Å². The van der Waals surface area contributed by atoms with E-state index in [1.807, 2.05) is 0 Å². The number of nitrogens with zero attached hydrogens (tertiary/aromatic N) is 1. The van der Waals surface area contributed by atoms with Gasteiger partial charge in [0.2, 0.25) is 0 Å². The van der Waals surface area contributed by atoms with Crippen molar-refractivity contribution in [3.63, 3.8) is 0 Å². The molecule has 1 heterocycles. The second-order valence-electron chi connectivity index (χ2n) is 4.38. The van der Waals surface area contributed by atoms with Crippen molar-refractivity contribution in [2.75, 3.05) is 14.1 Å². The van der Waals surface area contributed by atoms with E-state index in [0.29, 0.717) is 0 Å². The van der Waals surface area contributed by atoms with Crippen molar-refractivity contribution in [1.82, 2.24) is 4.90 Å². The molecule has 0 fully saturated rings. The maximum absolute atomic E-state index is 14.1. The van der Waals surface area contributed by atoms with E-state index >= 15 is 0 Å². The lowest BCUT2D eigenvalue weighted by Crippen LogP contribution is -2.34. The third kappa shape index (κ3) is 1.90. The van der Waals surface area contributed by atoms with E-state index in [1.54, 1.807) is 25.9 Å². The summed E-state index contributed by atoms with van der Waals surface area (Å²) >= 11 is 0. The van der Waals surface area contributed by atoms with E-state index in [9.17, 15) is 13.6 Å². The van der Waals surface area contributed by atoms with Gasteiger partial charge in [-0.2, -0.15) is 0 Å². The van der Waals surface area contributed by atoms with Gasteiger partial charge in [-0.15, -0.1) is 0 Å². The third-order valence-electron chi connectivity index (χ3n) is 3.05. The third-order valence-corrected chi connectivity index (χ3v) is 3.05. The molecule has 1 aromatic heterocycles. The molecule has 96 valence electrons. The van der Waals surface area contributed by atoms with Crippen LogP contribution in [0.5, 0.6) is 0 Å². The minimum atomic E-state index is -0.895. The second-order valence-corrected chi connectivity index (χ2v) is 4.38. The molecule has 0 amide bonds. The first-order valence-corrected chi connectivity index (χ1v) is 5.49. The number of carbonyl (C=O) groups is 1. The Morgan fingerprint density at radius 1 is 1.39 bits per heavy atom. The lowest BCUT2D eigenvalue weighted by molar-refractivity contribution is 0.0882. The number of likely N-dealkylation sites (N-methyl/N-ethyl adjacent to an activating group) is 1. The summed E-state index contributed by atoms with van der Waals surface area (Å²) in [7, 11) is 3.35. The molecule has 0 bridgehead atoms. The van der Waals surface area contributed by atoms with Crippen LogP contribution in [0.2, 0.25) is 0 Å². The minimum absolute atomic E-state index is 0.0963. The summed E-state index contributed by atoms with van der Waals surface area (Å²) in [6.45, 7) is 1.60. The highest BCUT2D eigenvalue weighted by atomic mass is 19.1. The lowest BCUT2D eigenvalue weighted by atomic mass is 10.0. The number of ketones is 1. The zero-order valence-corrected chi connectivity index (χ0v) is 10.3. The number of benzene rings is 1. The number of fused-ring (bicyclic) bond motifs is 1. The number of hydrogen-bond donors (Lipinski definition) is 0. The van der Waals surface area contributed by atoms with Gasteiger partial charge in [-0.1, -0.05) is 0 Å². The van der Waals surface area contributed by atoms with Crippen LogP contribution in [0.4, 0.5) is 8.78 Å². The monoisotopic (exact) mass is 253 g/mol. The maximum atomic E-state index is 14.1. The summed E-state index contributed by atoms with van der Waals surface area (Å²) in [5.41, 5.74) is -0.413. The Morgan fingerprint density at radius 2 is 2.06 bits per heavy atom. The number of hydrogen-bond acceptors (Lipinski definition) is 3. The Kier molecular flexibility index (Phi) is 3.17. The molecular formula is C13H13F2NO2. The molecule has 5 heteroatoms. The van der Waals surface area contributed by atoms with E-state index in [2.05, 4.69) is 0 Å².